The highest BCUT2D eigenvalue weighted by atomic mass is 16.5. The molecule has 0 bridgehead atoms. The second-order valence-corrected chi connectivity index (χ2v) is 6.34. The van der Waals surface area contributed by atoms with Crippen LogP contribution in [0.5, 0.6) is 0 Å². The average Bonchev–Trinajstić information content (AvgIpc) is 3.07. The minimum absolute atomic E-state index is 0.238. The van der Waals surface area contributed by atoms with Crippen molar-refractivity contribution in [1.82, 2.24) is 4.57 Å². The van der Waals surface area contributed by atoms with Crippen molar-refractivity contribution in [2.45, 2.75) is 64.3 Å². The van der Waals surface area contributed by atoms with Crippen molar-refractivity contribution in [3.8, 4) is 0 Å². The minimum atomic E-state index is 0.238. The van der Waals surface area contributed by atoms with Crippen LogP contribution in [0, 0.1) is 0 Å². The fraction of sp³-hybridized carbons (Fsp3) is 0.556. The summed E-state index contributed by atoms with van der Waals surface area (Å²) in [5, 5.41) is 1.31. The zero-order valence-corrected chi connectivity index (χ0v) is 13.1. The molecule has 3 nitrogen and oxygen atoms in total. The number of para-hydroxylation sites is 1. The van der Waals surface area contributed by atoms with Crippen LogP contribution in [0.2, 0.25) is 0 Å². The van der Waals surface area contributed by atoms with E-state index in [0.717, 1.165) is 25.8 Å². The molecule has 3 rings (SSSR count). The zero-order valence-electron chi connectivity index (χ0n) is 13.1. The molecule has 1 aliphatic rings. The van der Waals surface area contributed by atoms with Crippen LogP contribution in [0.1, 0.15) is 38.7 Å². The van der Waals surface area contributed by atoms with E-state index in [0.29, 0.717) is 12.2 Å². The van der Waals surface area contributed by atoms with Crippen LogP contribution in [-0.2, 0) is 17.7 Å². The predicted octanol–water partition coefficient (Wildman–Crippen LogP) is 3.49. The molecule has 1 fully saturated rings. The van der Waals surface area contributed by atoms with Crippen LogP contribution in [0.15, 0.2) is 30.5 Å². The topological polar surface area (TPSA) is 40.2 Å². The lowest BCUT2D eigenvalue weighted by Crippen LogP contribution is -2.22. The van der Waals surface area contributed by atoms with Crippen molar-refractivity contribution in [3.63, 3.8) is 0 Å². The number of hydrogen-bond acceptors (Lipinski definition) is 2. The number of nitrogens with zero attached hydrogens (tertiary/aromatic N) is 1. The van der Waals surface area contributed by atoms with Crippen molar-refractivity contribution in [1.29, 1.82) is 0 Å². The van der Waals surface area contributed by atoms with Crippen molar-refractivity contribution in [2.75, 3.05) is 0 Å². The second kappa shape index (κ2) is 6.20. The number of nitrogens with two attached hydrogens (primary N) is 1. The number of rotatable bonds is 5. The van der Waals surface area contributed by atoms with Crippen LogP contribution in [0.25, 0.3) is 10.9 Å². The van der Waals surface area contributed by atoms with Crippen LogP contribution in [0.4, 0.5) is 0 Å². The molecule has 3 heteroatoms. The molecule has 0 amide bonds. The van der Waals surface area contributed by atoms with Gasteiger partial charge in [-0.15, -0.1) is 0 Å². The van der Waals surface area contributed by atoms with Crippen molar-refractivity contribution < 1.29 is 4.74 Å². The van der Waals surface area contributed by atoms with Gasteiger partial charge in [0.2, 0.25) is 0 Å². The Balaban J connectivity index is 1.88. The van der Waals surface area contributed by atoms with Gasteiger partial charge in [0.25, 0.3) is 0 Å². The van der Waals surface area contributed by atoms with Crippen LogP contribution < -0.4 is 5.73 Å². The molecular formula is C18H26N2O. The number of ether oxygens (including phenoxy) is 1. The Morgan fingerprint density at radius 1 is 1.33 bits per heavy atom. The Bertz CT molecular complexity index is 604. The van der Waals surface area contributed by atoms with Gasteiger partial charge in [-0.25, -0.2) is 0 Å². The molecule has 2 heterocycles. The fourth-order valence-corrected chi connectivity index (χ4v) is 3.32. The quantitative estimate of drug-likeness (QED) is 0.914. The standard InChI is InChI=1S/C18H26N2O/c1-3-16(19)11-15-6-4-5-14-9-10-20(18(14)15)12-17-8-7-13(2)21-17/h4-6,9-10,13,16-17H,3,7-8,11-12,19H2,1-2H3. The van der Waals surface area contributed by atoms with E-state index in [2.05, 4.69) is 48.9 Å². The van der Waals surface area contributed by atoms with Gasteiger partial charge >= 0.3 is 0 Å². The predicted molar refractivity (Wildman–Crippen MR) is 87.5 cm³/mol. The summed E-state index contributed by atoms with van der Waals surface area (Å²) in [6.07, 6.45) is 7.25. The van der Waals surface area contributed by atoms with E-state index in [4.69, 9.17) is 10.5 Å². The molecule has 0 radical (unpaired) electrons. The summed E-state index contributed by atoms with van der Waals surface area (Å²) >= 11 is 0. The molecule has 1 saturated heterocycles. The monoisotopic (exact) mass is 286 g/mol. The molecule has 21 heavy (non-hydrogen) atoms. The third-order valence-corrected chi connectivity index (χ3v) is 4.60. The maximum atomic E-state index is 6.16. The second-order valence-electron chi connectivity index (χ2n) is 6.34. The molecule has 1 aromatic heterocycles. The van der Waals surface area contributed by atoms with Gasteiger partial charge in [0.1, 0.15) is 0 Å². The first kappa shape index (κ1) is 14.6. The highest BCUT2D eigenvalue weighted by Gasteiger charge is 2.22. The highest BCUT2D eigenvalue weighted by Crippen LogP contribution is 2.25. The van der Waals surface area contributed by atoms with Gasteiger partial charge in [-0.3, -0.25) is 0 Å². The summed E-state index contributed by atoms with van der Waals surface area (Å²) in [7, 11) is 0. The molecular weight excluding hydrogens is 260 g/mol. The van der Waals surface area contributed by atoms with Crippen LogP contribution >= 0.6 is 0 Å². The van der Waals surface area contributed by atoms with E-state index in [1.54, 1.807) is 0 Å². The first-order chi connectivity index (χ1) is 10.2. The molecule has 3 atom stereocenters. The maximum absolute atomic E-state index is 6.16. The highest BCUT2D eigenvalue weighted by molar-refractivity contribution is 5.83. The molecule has 1 aliphatic heterocycles. The SMILES string of the molecule is CCC(N)Cc1cccc2ccn(CC3CCC(C)O3)c12. The van der Waals surface area contributed by atoms with E-state index in [1.165, 1.54) is 22.9 Å². The van der Waals surface area contributed by atoms with E-state index >= 15 is 0 Å². The first-order valence-corrected chi connectivity index (χ1v) is 8.15. The number of benzene rings is 1. The summed E-state index contributed by atoms with van der Waals surface area (Å²) in [6, 6.07) is 8.98. The lowest BCUT2D eigenvalue weighted by Gasteiger charge is -2.16. The van der Waals surface area contributed by atoms with Crippen molar-refractivity contribution >= 4 is 10.9 Å². The Labute approximate surface area is 127 Å². The minimum Gasteiger partial charge on any atom is -0.373 e. The van der Waals surface area contributed by atoms with E-state index < -0.39 is 0 Å². The van der Waals surface area contributed by atoms with Gasteiger partial charge < -0.3 is 15.0 Å². The third-order valence-electron chi connectivity index (χ3n) is 4.60. The number of hydrogen-bond donors (Lipinski definition) is 1. The lowest BCUT2D eigenvalue weighted by atomic mass is 10.0. The van der Waals surface area contributed by atoms with Crippen LogP contribution in [0.3, 0.4) is 0 Å². The Kier molecular flexibility index (Phi) is 4.32. The van der Waals surface area contributed by atoms with E-state index in [9.17, 15) is 0 Å². The molecule has 1 aromatic carbocycles. The van der Waals surface area contributed by atoms with Crippen LogP contribution in [-0.4, -0.2) is 22.8 Å². The molecule has 0 aliphatic carbocycles. The third kappa shape index (κ3) is 3.14. The molecule has 0 spiro atoms. The van der Waals surface area contributed by atoms with Gasteiger partial charge in [-0.05, 0) is 49.6 Å². The Morgan fingerprint density at radius 3 is 2.90 bits per heavy atom. The zero-order chi connectivity index (χ0) is 14.8. The van der Waals surface area contributed by atoms with Crippen molar-refractivity contribution in [2.24, 2.45) is 5.73 Å². The smallest absolute Gasteiger partial charge is 0.0758 e. The molecule has 114 valence electrons. The average molecular weight is 286 g/mol. The lowest BCUT2D eigenvalue weighted by molar-refractivity contribution is 0.0465. The largest absolute Gasteiger partial charge is 0.373 e. The van der Waals surface area contributed by atoms with E-state index in [1.807, 2.05) is 0 Å². The summed E-state index contributed by atoms with van der Waals surface area (Å²) < 4.78 is 8.34. The maximum Gasteiger partial charge on any atom is 0.0758 e. The fourth-order valence-electron chi connectivity index (χ4n) is 3.32. The number of fused-ring (bicyclic) bond motifs is 1. The van der Waals surface area contributed by atoms with Gasteiger partial charge in [0.15, 0.2) is 0 Å². The summed E-state index contributed by atoms with van der Waals surface area (Å²) in [5.41, 5.74) is 8.86. The summed E-state index contributed by atoms with van der Waals surface area (Å²) in [4.78, 5) is 0. The van der Waals surface area contributed by atoms with Gasteiger partial charge in [0, 0.05) is 18.8 Å². The number of aromatic nitrogens is 1. The van der Waals surface area contributed by atoms with Crippen molar-refractivity contribution in [3.05, 3.63) is 36.0 Å². The van der Waals surface area contributed by atoms with Gasteiger partial charge in [-0.1, -0.05) is 25.1 Å². The first-order valence-electron chi connectivity index (χ1n) is 8.15. The molecule has 3 unspecified atom stereocenters. The van der Waals surface area contributed by atoms with Gasteiger partial charge in [0.05, 0.1) is 17.7 Å². The summed E-state index contributed by atoms with van der Waals surface area (Å²) in [6.45, 7) is 5.27. The molecule has 0 saturated carbocycles. The molecule has 2 N–H and O–H groups in total. The Hall–Kier alpha value is -1.32. The molecule has 2 aromatic rings. The normalized spacial score (nSPS) is 23.8. The summed E-state index contributed by atoms with van der Waals surface area (Å²) in [5.74, 6) is 0. The van der Waals surface area contributed by atoms with Gasteiger partial charge in [-0.2, -0.15) is 0 Å². The Morgan fingerprint density at radius 2 is 2.19 bits per heavy atom. The van der Waals surface area contributed by atoms with E-state index in [-0.39, 0.29) is 6.04 Å².